The summed E-state index contributed by atoms with van der Waals surface area (Å²) in [5, 5.41) is 1.08. The fourth-order valence-corrected chi connectivity index (χ4v) is 2.16. The quantitative estimate of drug-likeness (QED) is 0.736. The van der Waals surface area contributed by atoms with Crippen molar-refractivity contribution in [1.29, 1.82) is 0 Å². The lowest BCUT2D eigenvalue weighted by atomic mass is 10.1. The van der Waals surface area contributed by atoms with E-state index >= 15 is 0 Å². The molecule has 0 aliphatic rings. The van der Waals surface area contributed by atoms with Crippen molar-refractivity contribution in [2.75, 3.05) is 5.33 Å². The van der Waals surface area contributed by atoms with Crippen LogP contribution in [0.3, 0.4) is 0 Å². The molecule has 1 aromatic carbocycles. The van der Waals surface area contributed by atoms with Gasteiger partial charge in [-0.05, 0) is 43.0 Å². The molecule has 0 fully saturated rings. The highest BCUT2D eigenvalue weighted by Crippen LogP contribution is 2.16. The number of aryl methyl sites for hydroxylation is 2. The second-order valence-electron chi connectivity index (χ2n) is 2.93. The average molecular weight is 292 g/mol. The molecule has 0 aromatic heterocycles. The second-order valence-corrected chi connectivity index (χ2v) is 4.64. The summed E-state index contributed by atoms with van der Waals surface area (Å²) >= 11 is 6.93. The van der Waals surface area contributed by atoms with Crippen LogP contribution < -0.4 is 0 Å². The van der Waals surface area contributed by atoms with Crippen LogP contribution >= 0.6 is 31.9 Å². The first-order valence-corrected chi connectivity index (χ1v) is 5.96. The number of rotatable bonds is 3. The summed E-state index contributed by atoms with van der Waals surface area (Å²) in [6, 6.07) is 6.57. The maximum Gasteiger partial charge on any atom is 0.0180 e. The molecule has 0 heterocycles. The first kappa shape index (κ1) is 10.3. The molecule has 0 aliphatic carbocycles. The van der Waals surface area contributed by atoms with Crippen LogP contribution in [0, 0.1) is 6.92 Å². The van der Waals surface area contributed by atoms with Gasteiger partial charge in [-0.3, -0.25) is 0 Å². The Morgan fingerprint density at radius 2 is 2.00 bits per heavy atom. The van der Waals surface area contributed by atoms with Gasteiger partial charge in [0.1, 0.15) is 0 Å². The van der Waals surface area contributed by atoms with Gasteiger partial charge in [0.2, 0.25) is 0 Å². The van der Waals surface area contributed by atoms with Crippen LogP contribution in [-0.4, -0.2) is 5.33 Å². The highest BCUT2D eigenvalue weighted by atomic mass is 79.9. The molecule has 0 radical (unpaired) electrons. The molecule has 0 saturated carbocycles. The third-order valence-corrected chi connectivity index (χ3v) is 2.72. The van der Waals surface area contributed by atoms with Crippen molar-refractivity contribution in [3.05, 3.63) is 33.8 Å². The van der Waals surface area contributed by atoms with Gasteiger partial charge in [0.15, 0.2) is 0 Å². The third-order valence-electron chi connectivity index (χ3n) is 1.70. The van der Waals surface area contributed by atoms with Crippen molar-refractivity contribution in [2.45, 2.75) is 19.8 Å². The van der Waals surface area contributed by atoms with E-state index in [2.05, 4.69) is 57.0 Å². The zero-order valence-electron chi connectivity index (χ0n) is 7.11. The number of alkyl halides is 1. The van der Waals surface area contributed by atoms with Crippen LogP contribution in [0.15, 0.2) is 22.7 Å². The van der Waals surface area contributed by atoms with Crippen molar-refractivity contribution < 1.29 is 0 Å². The summed E-state index contributed by atoms with van der Waals surface area (Å²) in [5.41, 5.74) is 2.75. The maximum atomic E-state index is 3.49. The van der Waals surface area contributed by atoms with Crippen LogP contribution in [0.5, 0.6) is 0 Å². The first-order chi connectivity index (χ1) is 5.72. The molecular weight excluding hydrogens is 280 g/mol. The van der Waals surface area contributed by atoms with Gasteiger partial charge < -0.3 is 0 Å². The number of hydrogen-bond acceptors (Lipinski definition) is 0. The molecule has 66 valence electrons. The van der Waals surface area contributed by atoms with E-state index in [4.69, 9.17) is 0 Å². The molecule has 0 bridgehead atoms. The molecule has 0 unspecified atom stereocenters. The summed E-state index contributed by atoms with van der Waals surface area (Å²) in [6.45, 7) is 2.13. The fraction of sp³-hybridized carbons (Fsp3) is 0.400. The minimum absolute atomic E-state index is 1.08. The minimum atomic E-state index is 1.08. The zero-order valence-corrected chi connectivity index (χ0v) is 10.3. The predicted octanol–water partition coefficient (Wildman–Crippen LogP) is 4.09. The summed E-state index contributed by atoms with van der Waals surface area (Å²) < 4.78 is 1.19. The summed E-state index contributed by atoms with van der Waals surface area (Å²) in [6.07, 6.45) is 2.36. The van der Waals surface area contributed by atoms with Gasteiger partial charge in [0.25, 0.3) is 0 Å². The van der Waals surface area contributed by atoms with Crippen molar-refractivity contribution in [2.24, 2.45) is 0 Å². The zero-order chi connectivity index (χ0) is 8.97. The van der Waals surface area contributed by atoms with Crippen molar-refractivity contribution >= 4 is 31.9 Å². The lowest BCUT2D eigenvalue weighted by molar-refractivity contribution is 0.936. The smallest absolute Gasteiger partial charge is 0.0180 e. The lowest BCUT2D eigenvalue weighted by Crippen LogP contribution is -1.87. The van der Waals surface area contributed by atoms with E-state index < -0.39 is 0 Å². The highest BCUT2D eigenvalue weighted by Gasteiger charge is 1.95. The SMILES string of the molecule is Cc1cc(Br)cc(CCCBr)c1. The van der Waals surface area contributed by atoms with Gasteiger partial charge >= 0.3 is 0 Å². The molecule has 0 nitrogen and oxygen atoms in total. The van der Waals surface area contributed by atoms with Crippen LogP contribution in [0.25, 0.3) is 0 Å². The maximum absolute atomic E-state index is 3.49. The Balaban J connectivity index is 2.72. The number of hydrogen-bond donors (Lipinski definition) is 0. The van der Waals surface area contributed by atoms with Crippen molar-refractivity contribution in [1.82, 2.24) is 0 Å². The number of halogens is 2. The van der Waals surface area contributed by atoms with E-state index in [0.717, 1.165) is 11.8 Å². The normalized spacial score (nSPS) is 10.2. The Morgan fingerprint density at radius 1 is 1.25 bits per heavy atom. The van der Waals surface area contributed by atoms with E-state index in [1.54, 1.807) is 0 Å². The minimum Gasteiger partial charge on any atom is -0.0928 e. The predicted molar refractivity (Wildman–Crippen MR) is 61.0 cm³/mol. The summed E-state index contributed by atoms with van der Waals surface area (Å²) in [7, 11) is 0. The van der Waals surface area contributed by atoms with Crippen LogP contribution in [0.1, 0.15) is 17.5 Å². The molecule has 0 saturated heterocycles. The number of benzene rings is 1. The van der Waals surface area contributed by atoms with Crippen molar-refractivity contribution in [3.63, 3.8) is 0 Å². The molecule has 0 amide bonds. The van der Waals surface area contributed by atoms with E-state index in [9.17, 15) is 0 Å². The third kappa shape index (κ3) is 3.28. The molecular formula is C10H12Br2. The monoisotopic (exact) mass is 290 g/mol. The van der Waals surface area contributed by atoms with Gasteiger partial charge in [0, 0.05) is 9.80 Å². The fourth-order valence-electron chi connectivity index (χ4n) is 1.23. The standard InChI is InChI=1S/C10H12Br2/c1-8-5-9(3-2-4-11)7-10(12)6-8/h5-7H,2-4H2,1H3. The molecule has 0 aliphatic heterocycles. The molecule has 2 heteroatoms. The Bertz CT molecular complexity index is 236. The summed E-state index contributed by atoms with van der Waals surface area (Å²) in [5.74, 6) is 0. The molecule has 0 atom stereocenters. The highest BCUT2D eigenvalue weighted by molar-refractivity contribution is 9.10. The Morgan fingerprint density at radius 3 is 2.58 bits per heavy atom. The van der Waals surface area contributed by atoms with Crippen LogP contribution in [-0.2, 0) is 6.42 Å². The Labute approximate surface area is 90.6 Å². The Kier molecular flexibility index (Phi) is 4.30. The topological polar surface area (TPSA) is 0 Å². The van der Waals surface area contributed by atoms with E-state index in [-0.39, 0.29) is 0 Å². The molecule has 1 rings (SSSR count). The lowest BCUT2D eigenvalue weighted by Gasteiger charge is -2.02. The summed E-state index contributed by atoms with van der Waals surface area (Å²) in [4.78, 5) is 0. The van der Waals surface area contributed by atoms with Crippen LogP contribution in [0.2, 0.25) is 0 Å². The van der Waals surface area contributed by atoms with Gasteiger partial charge in [-0.15, -0.1) is 0 Å². The molecule has 12 heavy (non-hydrogen) atoms. The second kappa shape index (κ2) is 5.03. The average Bonchev–Trinajstić information content (AvgIpc) is 1.99. The van der Waals surface area contributed by atoms with Gasteiger partial charge in [-0.1, -0.05) is 37.9 Å². The van der Waals surface area contributed by atoms with E-state index in [1.165, 1.54) is 22.0 Å². The van der Waals surface area contributed by atoms with E-state index in [1.807, 2.05) is 0 Å². The molecule has 1 aromatic rings. The van der Waals surface area contributed by atoms with Crippen LogP contribution in [0.4, 0.5) is 0 Å². The van der Waals surface area contributed by atoms with Gasteiger partial charge in [-0.25, -0.2) is 0 Å². The largest absolute Gasteiger partial charge is 0.0928 e. The van der Waals surface area contributed by atoms with Crippen molar-refractivity contribution in [3.8, 4) is 0 Å². The van der Waals surface area contributed by atoms with Gasteiger partial charge in [0.05, 0.1) is 0 Å². The first-order valence-electron chi connectivity index (χ1n) is 4.04. The molecule has 0 spiro atoms. The molecule has 0 N–H and O–H groups in total. The van der Waals surface area contributed by atoms with Gasteiger partial charge in [-0.2, -0.15) is 0 Å². The Hall–Kier alpha value is 0.180. The van der Waals surface area contributed by atoms with E-state index in [0.29, 0.717) is 0 Å².